The zero-order valence-electron chi connectivity index (χ0n) is 10.7. The number of aryl methyl sites for hydroxylation is 2. The third kappa shape index (κ3) is 2.01. The predicted molar refractivity (Wildman–Crippen MR) is 72.5 cm³/mol. The number of hydrogen-bond donors (Lipinski definition) is 1. The smallest absolute Gasteiger partial charge is 0.00365 e. The fraction of sp³-hybridized carbons (Fsp3) is 0.625. The molecule has 0 saturated carbocycles. The van der Waals surface area contributed by atoms with Crippen LogP contribution in [-0.4, -0.2) is 6.54 Å². The fourth-order valence-electron chi connectivity index (χ4n) is 3.70. The highest BCUT2D eigenvalue weighted by Crippen LogP contribution is 2.33. The first-order valence-corrected chi connectivity index (χ1v) is 7.25. The van der Waals surface area contributed by atoms with E-state index in [0.717, 1.165) is 13.0 Å². The van der Waals surface area contributed by atoms with Gasteiger partial charge in [-0.1, -0.05) is 6.07 Å². The van der Waals surface area contributed by atoms with Crippen LogP contribution in [0.2, 0.25) is 0 Å². The molecule has 1 aromatic rings. The first kappa shape index (κ1) is 11.3. The fourth-order valence-corrected chi connectivity index (χ4v) is 3.70. The Hall–Kier alpha value is -0.820. The molecular weight excluding hydrogens is 206 g/mol. The summed E-state index contributed by atoms with van der Waals surface area (Å²) in [6.45, 7) is 0.808. The van der Waals surface area contributed by atoms with Gasteiger partial charge in [-0.3, -0.25) is 0 Å². The second kappa shape index (κ2) is 4.81. The monoisotopic (exact) mass is 229 g/mol. The van der Waals surface area contributed by atoms with Gasteiger partial charge >= 0.3 is 0 Å². The zero-order valence-corrected chi connectivity index (χ0v) is 10.7. The van der Waals surface area contributed by atoms with Crippen molar-refractivity contribution in [3.63, 3.8) is 0 Å². The Labute approximate surface area is 104 Å². The van der Waals surface area contributed by atoms with Gasteiger partial charge in [0.2, 0.25) is 0 Å². The van der Waals surface area contributed by atoms with Gasteiger partial charge in [-0.25, -0.2) is 0 Å². The standard InChI is InChI=1S/C16H23N/c17-10-9-16-14-7-3-1-5-12(14)11-13-6-2-4-8-15(13)16/h11H,1-10,17H2. The van der Waals surface area contributed by atoms with E-state index >= 15 is 0 Å². The lowest BCUT2D eigenvalue weighted by molar-refractivity contribution is 0.645. The summed E-state index contributed by atoms with van der Waals surface area (Å²) in [5, 5.41) is 0. The molecule has 0 radical (unpaired) electrons. The second-order valence-corrected chi connectivity index (χ2v) is 5.58. The molecular formula is C16H23N. The molecule has 92 valence electrons. The van der Waals surface area contributed by atoms with Gasteiger partial charge in [0.25, 0.3) is 0 Å². The van der Waals surface area contributed by atoms with Crippen molar-refractivity contribution in [2.45, 2.75) is 57.8 Å². The maximum absolute atomic E-state index is 5.83. The molecule has 0 fully saturated rings. The molecule has 0 unspecified atom stereocenters. The van der Waals surface area contributed by atoms with Crippen molar-refractivity contribution in [3.05, 3.63) is 33.9 Å². The molecule has 0 atom stereocenters. The van der Waals surface area contributed by atoms with Crippen LogP contribution in [0.25, 0.3) is 0 Å². The maximum Gasteiger partial charge on any atom is -0.00365 e. The van der Waals surface area contributed by atoms with Crippen LogP contribution in [0.4, 0.5) is 0 Å². The van der Waals surface area contributed by atoms with Gasteiger partial charge in [0.05, 0.1) is 0 Å². The number of benzene rings is 1. The Bertz CT molecular complexity index is 386. The minimum Gasteiger partial charge on any atom is -0.330 e. The number of nitrogens with two attached hydrogens (primary N) is 1. The minimum atomic E-state index is 0.808. The molecule has 0 bridgehead atoms. The molecule has 0 saturated heterocycles. The van der Waals surface area contributed by atoms with E-state index in [1.807, 2.05) is 0 Å². The molecule has 1 heteroatoms. The van der Waals surface area contributed by atoms with Crippen molar-refractivity contribution in [2.24, 2.45) is 5.73 Å². The lowest BCUT2D eigenvalue weighted by atomic mass is 9.78. The number of hydrogen-bond acceptors (Lipinski definition) is 1. The molecule has 2 aliphatic carbocycles. The average molecular weight is 229 g/mol. The predicted octanol–water partition coefficient (Wildman–Crippen LogP) is 2.95. The Kier molecular flexibility index (Phi) is 3.19. The van der Waals surface area contributed by atoms with Crippen LogP contribution in [0.15, 0.2) is 6.07 Å². The molecule has 3 rings (SSSR count). The van der Waals surface area contributed by atoms with Crippen molar-refractivity contribution >= 4 is 0 Å². The van der Waals surface area contributed by atoms with Gasteiger partial charge in [0.1, 0.15) is 0 Å². The average Bonchev–Trinajstić information content (AvgIpc) is 2.39. The molecule has 0 aromatic heterocycles. The Balaban J connectivity index is 2.12. The van der Waals surface area contributed by atoms with E-state index in [2.05, 4.69) is 6.07 Å². The van der Waals surface area contributed by atoms with Crippen LogP contribution in [0.1, 0.15) is 53.5 Å². The van der Waals surface area contributed by atoms with E-state index in [1.54, 1.807) is 27.8 Å². The first-order chi connectivity index (χ1) is 8.40. The number of fused-ring (bicyclic) bond motifs is 2. The Morgan fingerprint density at radius 3 is 1.88 bits per heavy atom. The summed E-state index contributed by atoms with van der Waals surface area (Å²) in [4.78, 5) is 0. The van der Waals surface area contributed by atoms with Crippen LogP contribution in [0.3, 0.4) is 0 Å². The van der Waals surface area contributed by atoms with E-state index in [0.29, 0.717) is 0 Å². The van der Waals surface area contributed by atoms with Crippen LogP contribution >= 0.6 is 0 Å². The van der Waals surface area contributed by atoms with Crippen molar-refractivity contribution in [1.82, 2.24) is 0 Å². The molecule has 17 heavy (non-hydrogen) atoms. The largest absolute Gasteiger partial charge is 0.330 e. The normalized spacial score (nSPS) is 18.6. The van der Waals surface area contributed by atoms with E-state index in [1.165, 1.54) is 51.4 Å². The number of rotatable bonds is 2. The van der Waals surface area contributed by atoms with E-state index < -0.39 is 0 Å². The molecule has 2 N–H and O–H groups in total. The van der Waals surface area contributed by atoms with Crippen molar-refractivity contribution in [3.8, 4) is 0 Å². The molecule has 0 heterocycles. The van der Waals surface area contributed by atoms with Crippen molar-refractivity contribution in [2.75, 3.05) is 6.54 Å². The third-order valence-corrected chi connectivity index (χ3v) is 4.49. The van der Waals surface area contributed by atoms with E-state index in [9.17, 15) is 0 Å². The summed E-state index contributed by atoms with van der Waals surface area (Å²) in [5.74, 6) is 0. The minimum absolute atomic E-state index is 0.808. The van der Waals surface area contributed by atoms with Crippen molar-refractivity contribution in [1.29, 1.82) is 0 Å². The first-order valence-electron chi connectivity index (χ1n) is 7.25. The summed E-state index contributed by atoms with van der Waals surface area (Å²) < 4.78 is 0. The highest BCUT2D eigenvalue weighted by Gasteiger charge is 2.21. The maximum atomic E-state index is 5.83. The summed E-state index contributed by atoms with van der Waals surface area (Å²) in [7, 11) is 0. The van der Waals surface area contributed by atoms with Crippen molar-refractivity contribution < 1.29 is 0 Å². The SMILES string of the molecule is NCCc1c2c(cc3c1CCCC3)CCCC2. The quantitative estimate of drug-likeness (QED) is 0.829. The third-order valence-electron chi connectivity index (χ3n) is 4.49. The molecule has 0 amide bonds. The molecule has 1 nitrogen and oxygen atoms in total. The second-order valence-electron chi connectivity index (χ2n) is 5.58. The summed E-state index contributed by atoms with van der Waals surface area (Å²) in [5.41, 5.74) is 14.2. The van der Waals surface area contributed by atoms with Gasteiger partial charge in [-0.15, -0.1) is 0 Å². The van der Waals surface area contributed by atoms with Crippen LogP contribution in [0, 0.1) is 0 Å². The summed E-state index contributed by atoms with van der Waals surface area (Å²) in [6, 6.07) is 2.53. The summed E-state index contributed by atoms with van der Waals surface area (Å²) in [6.07, 6.45) is 11.8. The van der Waals surface area contributed by atoms with Crippen LogP contribution < -0.4 is 5.73 Å². The lowest BCUT2D eigenvalue weighted by Crippen LogP contribution is -2.17. The molecule has 0 spiro atoms. The summed E-state index contributed by atoms with van der Waals surface area (Å²) >= 11 is 0. The highest BCUT2D eigenvalue weighted by molar-refractivity contribution is 5.48. The van der Waals surface area contributed by atoms with Gasteiger partial charge in [0, 0.05) is 0 Å². The topological polar surface area (TPSA) is 26.0 Å². The van der Waals surface area contributed by atoms with Gasteiger partial charge in [-0.05, 0) is 92.1 Å². The zero-order chi connectivity index (χ0) is 11.7. The molecule has 2 aliphatic rings. The molecule has 0 aliphatic heterocycles. The van der Waals surface area contributed by atoms with Gasteiger partial charge in [-0.2, -0.15) is 0 Å². The molecule has 1 aromatic carbocycles. The van der Waals surface area contributed by atoms with Gasteiger partial charge in [0.15, 0.2) is 0 Å². The lowest BCUT2D eigenvalue weighted by Gasteiger charge is -2.27. The van der Waals surface area contributed by atoms with Gasteiger partial charge < -0.3 is 5.73 Å². The Morgan fingerprint density at radius 1 is 0.824 bits per heavy atom. The van der Waals surface area contributed by atoms with Crippen LogP contribution in [0.5, 0.6) is 0 Å². The Morgan fingerprint density at radius 2 is 1.35 bits per heavy atom. The van der Waals surface area contributed by atoms with Crippen LogP contribution in [-0.2, 0) is 32.1 Å². The van der Waals surface area contributed by atoms with E-state index in [-0.39, 0.29) is 0 Å². The van der Waals surface area contributed by atoms with E-state index in [4.69, 9.17) is 5.73 Å². The highest BCUT2D eigenvalue weighted by atomic mass is 14.5.